The fraction of sp³-hybridized carbons (Fsp3) is 0.667. The molecular weight excluding hydrogens is 218 g/mol. The Morgan fingerprint density at radius 3 is 2.75 bits per heavy atom. The molecule has 1 aliphatic rings. The van der Waals surface area contributed by atoms with Crippen molar-refractivity contribution in [2.45, 2.75) is 18.6 Å². The van der Waals surface area contributed by atoms with Crippen LogP contribution in [0, 0.1) is 16.0 Å². The molecule has 0 saturated carbocycles. The van der Waals surface area contributed by atoms with E-state index in [-0.39, 0.29) is 12.0 Å². The number of rotatable bonds is 4. The first-order chi connectivity index (χ1) is 7.51. The van der Waals surface area contributed by atoms with Crippen LogP contribution >= 0.6 is 0 Å². The van der Waals surface area contributed by atoms with Crippen molar-refractivity contribution < 1.29 is 24.7 Å². The van der Waals surface area contributed by atoms with E-state index in [0.717, 1.165) is 0 Å². The van der Waals surface area contributed by atoms with E-state index < -0.39 is 35.6 Å². The minimum atomic E-state index is -1.14. The van der Waals surface area contributed by atoms with E-state index in [0.29, 0.717) is 0 Å². The molecule has 3 atom stereocenters. The van der Waals surface area contributed by atoms with E-state index in [2.05, 4.69) is 0 Å². The molecule has 0 aromatic heterocycles. The molecule has 7 heteroatoms. The van der Waals surface area contributed by atoms with Gasteiger partial charge in [-0.05, 0) is 12.5 Å². The van der Waals surface area contributed by atoms with Crippen molar-refractivity contribution in [3.8, 4) is 0 Å². The lowest BCUT2D eigenvalue weighted by Crippen LogP contribution is -2.45. The van der Waals surface area contributed by atoms with Crippen molar-refractivity contribution >= 4 is 5.97 Å². The lowest BCUT2D eigenvalue weighted by atomic mass is 9.83. The highest BCUT2D eigenvalue weighted by molar-refractivity contribution is 5.87. The van der Waals surface area contributed by atoms with Crippen molar-refractivity contribution in [1.82, 2.24) is 0 Å². The van der Waals surface area contributed by atoms with Crippen molar-refractivity contribution in [2.24, 2.45) is 5.92 Å². The fourth-order valence-electron chi connectivity index (χ4n) is 1.87. The summed E-state index contributed by atoms with van der Waals surface area (Å²) < 4.78 is 4.89. The smallest absolute Gasteiger partial charge is 0.331 e. The maximum atomic E-state index is 10.8. The number of aliphatic hydroxyl groups excluding tert-OH is 1. The van der Waals surface area contributed by atoms with Gasteiger partial charge in [0.25, 0.3) is 0 Å². The molecule has 7 nitrogen and oxygen atoms in total. The summed E-state index contributed by atoms with van der Waals surface area (Å²) in [6, 6.07) is -1.10. The Kier molecular flexibility index (Phi) is 3.97. The van der Waals surface area contributed by atoms with Gasteiger partial charge < -0.3 is 14.9 Å². The number of nitrogens with zero attached hydrogens (tertiary/aromatic N) is 1. The quantitative estimate of drug-likeness (QED) is 0.506. The first-order valence-electron chi connectivity index (χ1n) is 4.72. The molecule has 0 amide bonds. The average molecular weight is 231 g/mol. The van der Waals surface area contributed by atoms with Crippen molar-refractivity contribution in [3.63, 3.8) is 0 Å². The second kappa shape index (κ2) is 5.04. The molecule has 1 rings (SSSR count). The predicted octanol–water partition coefficient (Wildman–Crippen LogP) is -0.330. The van der Waals surface area contributed by atoms with Crippen molar-refractivity contribution in [1.29, 1.82) is 0 Å². The monoisotopic (exact) mass is 231 g/mol. The van der Waals surface area contributed by atoms with E-state index in [1.165, 1.54) is 13.2 Å². The third-order valence-electron chi connectivity index (χ3n) is 2.69. The van der Waals surface area contributed by atoms with Gasteiger partial charge in [0.15, 0.2) is 0 Å². The van der Waals surface area contributed by atoms with Gasteiger partial charge in [0.05, 0.1) is 12.5 Å². The summed E-state index contributed by atoms with van der Waals surface area (Å²) in [4.78, 5) is 21.0. The van der Waals surface area contributed by atoms with Gasteiger partial charge in [-0.25, -0.2) is 4.79 Å². The van der Waals surface area contributed by atoms with Crippen LogP contribution in [-0.4, -0.2) is 47.0 Å². The van der Waals surface area contributed by atoms with Gasteiger partial charge in [0, 0.05) is 17.6 Å². The van der Waals surface area contributed by atoms with Crippen LogP contribution in [0.2, 0.25) is 0 Å². The third kappa shape index (κ3) is 2.37. The number of carbonyl (C=O) groups is 1. The molecule has 0 unspecified atom stereocenters. The lowest BCUT2D eigenvalue weighted by molar-refractivity contribution is -0.543. The topological polar surface area (TPSA) is 110 Å². The fourth-order valence-corrected chi connectivity index (χ4v) is 1.87. The molecule has 2 N–H and O–H groups in total. The number of ether oxygens (including phenoxy) is 1. The Morgan fingerprint density at radius 1 is 1.75 bits per heavy atom. The normalized spacial score (nSPS) is 29.6. The summed E-state index contributed by atoms with van der Waals surface area (Å²) >= 11 is 0. The minimum Gasteiger partial charge on any atom is -0.478 e. The molecule has 0 aromatic rings. The molecule has 0 aromatic carbocycles. The van der Waals surface area contributed by atoms with Crippen molar-refractivity contribution in [2.75, 3.05) is 13.7 Å². The average Bonchev–Trinajstić information content (AvgIpc) is 2.26. The number of hydrogen-bond donors (Lipinski definition) is 2. The summed E-state index contributed by atoms with van der Waals surface area (Å²) in [5.41, 5.74) is 0.0454. The highest BCUT2D eigenvalue weighted by Gasteiger charge is 2.43. The number of nitro groups is 1. The van der Waals surface area contributed by atoms with Gasteiger partial charge in [-0.3, -0.25) is 10.1 Å². The van der Waals surface area contributed by atoms with Crippen LogP contribution in [0.25, 0.3) is 0 Å². The Bertz CT molecular complexity index is 326. The molecule has 0 aliphatic heterocycles. The zero-order valence-electron chi connectivity index (χ0n) is 8.70. The van der Waals surface area contributed by atoms with Gasteiger partial charge in [0.1, 0.15) is 6.10 Å². The van der Waals surface area contributed by atoms with Crippen molar-refractivity contribution in [3.05, 3.63) is 21.8 Å². The molecule has 1 aliphatic carbocycles. The Morgan fingerprint density at radius 2 is 2.38 bits per heavy atom. The molecule has 0 spiro atoms. The van der Waals surface area contributed by atoms with E-state index >= 15 is 0 Å². The largest absolute Gasteiger partial charge is 0.478 e. The molecule has 0 heterocycles. The van der Waals surface area contributed by atoms with Gasteiger partial charge >= 0.3 is 5.97 Å². The Hall–Kier alpha value is -1.47. The molecule has 0 radical (unpaired) electrons. The number of methoxy groups -OCH3 is 1. The Labute approximate surface area is 91.5 Å². The van der Waals surface area contributed by atoms with Gasteiger partial charge in [-0.15, -0.1) is 0 Å². The number of carboxylic acids is 1. The second-order valence-corrected chi connectivity index (χ2v) is 3.62. The number of hydrogen-bond acceptors (Lipinski definition) is 5. The number of aliphatic carboxylic acids is 1. The third-order valence-corrected chi connectivity index (χ3v) is 2.69. The maximum Gasteiger partial charge on any atom is 0.331 e. The van der Waals surface area contributed by atoms with E-state index in [1.54, 1.807) is 0 Å². The summed E-state index contributed by atoms with van der Waals surface area (Å²) in [7, 11) is 1.27. The van der Waals surface area contributed by atoms with Crippen LogP contribution in [-0.2, 0) is 9.53 Å². The highest BCUT2D eigenvalue weighted by atomic mass is 16.6. The van der Waals surface area contributed by atoms with Gasteiger partial charge in [-0.1, -0.05) is 0 Å². The van der Waals surface area contributed by atoms with Crippen LogP contribution in [0.1, 0.15) is 6.42 Å². The number of aliphatic hydroxyl groups is 1. The molecule has 16 heavy (non-hydrogen) atoms. The molecule has 0 fully saturated rings. The zero-order valence-corrected chi connectivity index (χ0v) is 8.70. The summed E-state index contributed by atoms with van der Waals surface area (Å²) in [6.07, 6.45) is 0.311. The van der Waals surface area contributed by atoms with Crippen LogP contribution < -0.4 is 0 Å². The van der Waals surface area contributed by atoms with Crippen LogP contribution in [0.3, 0.4) is 0 Å². The standard InChI is InChI=1S/C9H13NO6/c1-16-7-3-5(9(12)13)2-6(4-11)8(7)10(14)15/h3,6-8,11H,2,4H2,1H3,(H,12,13)/t6-,7+,8-/m0/s1. The summed E-state index contributed by atoms with van der Waals surface area (Å²) in [5, 5.41) is 28.7. The molecule has 90 valence electrons. The maximum absolute atomic E-state index is 10.8. The SMILES string of the molecule is CO[C@@H]1C=C(C(=O)O)C[C@@H](CO)[C@@H]1[N+](=O)[O-]. The van der Waals surface area contributed by atoms with E-state index in [4.69, 9.17) is 14.9 Å². The number of carboxylic acid groups (broad SMARTS) is 1. The zero-order chi connectivity index (χ0) is 12.3. The van der Waals surface area contributed by atoms with E-state index in [1.807, 2.05) is 0 Å². The van der Waals surface area contributed by atoms with E-state index in [9.17, 15) is 14.9 Å². The predicted molar refractivity (Wildman–Crippen MR) is 52.5 cm³/mol. The van der Waals surface area contributed by atoms with Gasteiger partial charge in [-0.2, -0.15) is 0 Å². The Balaban J connectivity index is 3.03. The molecule has 0 saturated heterocycles. The second-order valence-electron chi connectivity index (χ2n) is 3.62. The van der Waals surface area contributed by atoms with Gasteiger partial charge in [0.2, 0.25) is 6.04 Å². The lowest BCUT2D eigenvalue weighted by Gasteiger charge is -2.28. The van der Waals surface area contributed by atoms with Crippen LogP contribution in [0.5, 0.6) is 0 Å². The minimum absolute atomic E-state index is 0.0165. The summed E-state index contributed by atoms with van der Waals surface area (Å²) in [6.45, 7) is -0.434. The van der Waals surface area contributed by atoms with Crippen LogP contribution in [0.15, 0.2) is 11.6 Å². The first-order valence-corrected chi connectivity index (χ1v) is 4.72. The molecule has 0 bridgehead atoms. The summed E-state index contributed by atoms with van der Waals surface area (Å²) in [5.74, 6) is -1.86. The first kappa shape index (κ1) is 12.6. The van der Waals surface area contributed by atoms with Crippen LogP contribution in [0.4, 0.5) is 0 Å². The highest BCUT2D eigenvalue weighted by Crippen LogP contribution is 2.28. The molecular formula is C9H13NO6.